The number of likely N-dealkylation sites (tertiary alicyclic amines) is 1. The number of methoxy groups -OCH3 is 1. The molecule has 0 spiro atoms. The van der Waals surface area contributed by atoms with E-state index in [0.29, 0.717) is 17.9 Å². The molecule has 0 saturated carbocycles. The normalized spacial score (nSPS) is 18.4. The van der Waals surface area contributed by atoms with Gasteiger partial charge in [0.2, 0.25) is 0 Å². The van der Waals surface area contributed by atoms with Crippen LogP contribution in [0, 0.1) is 11.3 Å². The summed E-state index contributed by atoms with van der Waals surface area (Å²) >= 11 is 0. The minimum atomic E-state index is 0.143. The average Bonchev–Trinajstić information content (AvgIpc) is 2.53. The number of rotatable bonds is 4. The Kier molecular flexibility index (Phi) is 6.14. The third-order valence-electron chi connectivity index (χ3n) is 4.60. The molecule has 0 aromatic heterocycles. The highest BCUT2D eigenvalue weighted by Gasteiger charge is 2.28. The zero-order chi connectivity index (χ0) is 17.7. The molecule has 2 amide bonds. The van der Waals surface area contributed by atoms with Gasteiger partial charge in [-0.05, 0) is 48.3 Å². The van der Waals surface area contributed by atoms with Gasteiger partial charge in [0, 0.05) is 26.7 Å². The predicted octanol–water partition coefficient (Wildman–Crippen LogP) is 4.40. The summed E-state index contributed by atoms with van der Waals surface area (Å²) in [7, 11) is 3.55. The van der Waals surface area contributed by atoms with Crippen LogP contribution in [0.2, 0.25) is 0 Å². The lowest BCUT2D eigenvalue weighted by Gasteiger charge is -2.37. The van der Waals surface area contributed by atoms with Crippen molar-refractivity contribution in [3.05, 3.63) is 29.8 Å². The molecule has 1 atom stereocenters. The highest BCUT2D eigenvalue weighted by molar-refractivity contribution is 5.74. The summed E-state index contributed by atoms with van der Waals surface area (Å²) in [5, 5.41) is 0. The van der Waals surface area contributed by atoms with E-state index in [1.807, 2.05) is 41.1 Å². The number of piperidine rings is 1. The Labute approximate surface area is 146 Å². The lowest BCUT2D eigenvalue weighted by atomic mass is 9.81. The second-order valence-electron chi connectivity index (χ2n) is 8.21. The molecule has 1 aromatic carbocycles. The molecule has 4 nitrogen and oxygen atoms in total. The predicted molar refractivity (Wildman–Crippen MR) is 98.2 cm³/mol. The van der Waals surface area contributed by atoms with Gasteiger partial charge < -0.3 is 14.5 Å². The molecule has 0 N–H and O–H groups in total. The molecule has 1 aliphatic rings. The second kappa shape index (κ2) is 7.91. The van der Waals surface area contributed by atoms with Gasteiger partial charge in [0.05, 0.1) is 7.11 Å². The molecular weight excluding hydrogens is 300 g/mol. The lowest BCUT2D eigenvalue weighted by molar-refractivity contribution is 0.121. The Bertz CT molecular complexity index is 534. The third-order valence-corrected chi connectivity index (χ3v) is 4.60. The van der Waals surface area contributed by atoms with Crippen molar-refractivity contribution in [2.45, 2.75) is 46.6 Å². The minimum absolute atomic E-state index is 0.143. The number of amides is 2. The molecule has 1 fully saturated rings. The summed E-state index contributed by atoms with van der Waals surface area (Å²) in [6, 6.07) is 8.05. The van der Waals surface area contributed by atoms with Crippen molar-refractivity contribution >= 4 is 6.03 Å². The molecule has 4 heteroatoms. The van der Waals surface area contributed by atoms with E-state index < -0.39 is 0 Å². The van der Waals surface area contributed by atoms with E-state index in [-0.39, 0.29) is 6.03 Å². The highest BCUT2D eigenvalue weighted by atomic mass is 16.5. The molecule has 1 heterocycles. The van der Waals surface area contributed by atoms with E-state index in [1.54, 1.807) is 7.11 Å². The fourth-order valence-corrected chi connectivity index (χ4v) is 3.59. The van der Waals surface area contributed by atoms with Crippen LogP contribution in [0.25, 0.3) is 0 Å². The van der Waals surface area contributed by atoms with Crippen molar-refractivity contribution in [1.29, 1.82) is 0 Å². The van der Waals surface area contributed by atoms with Gasteiger partial charge in [0.25, 0.3) is 0 Å². The monoisotopic (exact) mass is 332 g/mol. The fraction of sp³-hybridized carbons (Fsp3) is 0.650. The lowest BCUT2D eigenvalue weighted by Crippen LogP contribution is -2.46. The second-order valence-corrected chi connectivity index (χ2v) is 8.21. The van der Waals surface area contributed by atoms with Gasteiger partial charge in [-0.25, -0.2) is 4.79 Å². The van der Waals surface area contributed by atoms with Crippen molar-refractivity contribution in [3.8, 4) is 5.75 Å². The smallest absolute Gasteiger partial charge is 0.320 e. The number of ether oxygens (including phenoxy) is 1. The van der Waals surface area contributed by atoms with Gasteiger partial charge in [-0.3, -0.25) is 0 Å². The van der Waals surface area contributed by atoms with Gasteiger partial charge in [-0.1, -0.05) is 32.9 Å². The van der Waals surface area contributed by atoms with Gasteiger partial charge in [-0.15, -0.1) is 0 Å². The zero-order valence-electron chi connectivity index (χ0n) is 15.8. The molecule has 24 heavy (non-hydrogen) atoms. The van der Waals surface area contributed by atoms with E-state index in [2.05, 4.69) is 20.8 Å². The van der Waals surface area contributed by atoms with E-state index in [0.717, 1.165) is 30.8 Å². The first-order valence-corrected chi connectivity index (χ1v) is 8.91. The Morgan fingerprint density at radius 2 is 1.96 bits per heavy atom. The Morgan fingerprint density at radius 1 is 1.29 bits per heavy atom. The van der Waals surface area contributed by atoms with Crippen molar-refractivity contribution in [2.75, 3.05) is 27.2 Å². The highest BCUT2D eigenvalue weighted by Crippen LogP contribution is 2.30. The third kappa shape index (κ3) is 5.43. The van der Waals surface area contributed by atoms with Crippen LogP contribution in [-0.4, -0.2) is 43.1 Å². The summed E-state index contributed by atoms with van der Waals surface area (Å²) in [5.74, 6) is 1.46. The minimum Gasteiger partial charge on any atom is -0.497 e. The number of carbonyl (C=O) groups excluding carboxylic acids is 1. The first-order chi connectivity index (χ1) is 11.3. The molecule has 0 aliphatic carbocycles. The molecule has 0 bridgehead atoms. The van der Waals surface area contributed by atoms with Gasteiger partial charge in [0.1, 0.15) is 5.75 Å². The molecule has 1 aliphatic heterocycles. The number of nitrogens with zero attached hydrogens (tertiary/aromatic N) is 2. The summed E-state index contributed by atoms with van der Waals surface area (Å²) in [5.41, 5.74) is 1.45. The van der Waals surface area contributed by atoms with Crippen LogP contribution in [0.4, 0.5) is 4.79 Å². The number of carbonyl (C=O) groups is 1. The van der Waals surface area contributed by atoms with E-state index in [1.165, 1.54) is 12.8 Å². The summed E-state index contributed by atoms with van der Waals surface area (Å²) in [6.45, 7) is 9.25. The number of hydrogen-bond acceptors (Lipinski definition) is 2. The van der Waals surface area contributed by atoms with Crippen LogP contribution in [-0.2, 0) is 6.54 Å². The Balaban J connectivity index is 1.91. The molecular formula is C20H32N2O2. The molecule has 0 radical (unpaired) electrons. The van der Waals surface area contributed by atoms with Crippen LogP contribution >= 0.6 is 0 Å². The average molecular weight is 332 g/mol. The number of hydrogen-bond donors (Lipinski definition) is 0. The largest absolute Gasteiger partial charge is 0.497 e. The topological polar surface area (TPSA) is 32.8 Å². The molecule has 134 valence electrons. The SMILES string of the molecule is COc1ccc(CN(C)C(=O)N2CCCC(CC(C)(C)C)C2)cc1. The van der Waals surface area contributed by atoms with Crippen LogP contribution in [0.5, 0.6) is 5.75 Å². The van der Waals surface area contributed by atoms with Crippen LogP contribution in [0.15, 0.2) is 24.3 Å². The maximum Gasteiger partial charge on any atom is 0.320 e. The molecule has 2 rings (SSSR count). The van der Waals surface area contributed by atoms with Crippen molar-refractivity contribution in [1.82, 2.24) is 9.80 Å². The van der Waals surface area contributed by atoms with E-state index >= 15 is 0 Å². The standard InChI is InChI=1S/C20H32N2O2/c1-20(2,3)13-17-7-6-12-22(15-17)19(23)21(4)14-16-8-10-18(24-5)11-9-16/h8-11,17H,6-7,12-15H2,1-5H3. The summed E-state index contributed by atoms with van der Waals surface area (Å²) < 4.78 is 5.18. The molecule has 1 aromatic rings. The summed E-state index contributed by atoms with van der Waals surface area (Å²) in [6.07, 6.45) is 3.53. The zero-order valence-corrected chi connectivity index (χ0v) is 15.8. The molecule has 1 unspecified atom stereocenters. The van der Waals surface area contributed by atoms with Crippen molar-refractivity contribution in [3.63, 3.8) is 0 Å². The quantitative estimate of drug-likeness (QED) is 0.819. The fourth-order valence-electron chi connectivity index (χ4n) is 3.59. The first kappa shape index (κ1) is 18.6. The van der Waals surface area contributed by atoms with Gasteiger partial charge in [0.15, 0.2) is 0 Å². The maximum atomic E-state index is 12.8. The van der Waals surface area contributed by atoms with Crippen molar-refractivity contribution in [2.24, 2.45) is 11.3 Å². The van der Waals surface area contributed by atoms with Crippen LogP contribution in [0.1, 0.15) is 45.6 Å². The molecule has 1 saturated heterocycles. The summed E-state index contributed by atoms with van der Waals surface area (Å²) in [4.78, 5) is 16.6. The van der Waals surface area contributed by atoms with Crippen LogP contribution in [0.3, 0.4) is 0 Å². The van der Waals surface area contributed by atoms with E-state index in [9.17, 15) is 4.79 Å². The number of benzene rings is 1. The van der Waals surface area contributed by atoms with Crippen LogP contribution < -0.4 is 4.74 Å². The van der Waals surface area contributed by atoms with Crippen molar-refractivity contribution < 1.29 is 9.53 Å². The Morgan fingerprint density at radius 3 is 2.54 bits per heavy atom. The Hall–Kier alpha value is -1.71. The van der Waals surface area contributed by atoms with E-state index in [4.69, 9.17) is 4.74 Å². The van der Waals surface area contributed by atoms with Gasteiger partial charge >= 0.3 is 6.03 Å². The number of urea groups is 1. The first-order valence-electron chi connectivity index (χ1n) is 8.91. The maximum absolute atomic E-state index is 12.8. The van der Waals surface area contributed by atoms with Gasteiger partial charge in [-0.2, -0.15) is 0 Å².